The predicted octanol–water partition coefficient (Wildman–Crippen LogP) is 3.64. The summed E-state index contributed by atoms with van der Waals surface area (Å²) in [6, 6.07) is 15.4. The lowest BCUT2D eigenvalue weighted by atomic mass is 9.77. The summed E-state index contributed by atoms with van der Waals surface area (Å²) in [5.41, 5.74) is 6.49. The van der Waals surface area contributed by atoms with Crippen LogP contribution in [-0.4, -0.2) is 10.7 Å². The standard InChI is InChI=1S/C20H22O/c21-20(11-10-17-4-1-2-5-19(17)14-20)13-15-8-9-16-6-3-7-18(16)12-15/h1-2,4-5,8-9,12,21H,3,6-7,10-11,13-14H2. The summed E-state index contributed by atoms with van der Waals surface area (Å²) in [4.78, 5) is 0. The van der Waals surface area contributed by atoms with E-state index in [4.69, 9.17) is 0 Å². The number of aryl methyl sites for hydroxylation is 3. The molecule has 0 bridgehead atoms. The van der Waals surface area contributed by atoms with Crippen LogP contribution in [0.1, 0.15) is 40.7 Å². The molecule has 1 nitrogen and oxygen atoms in total. The summed E-state index contributed by atoms with van der Waals surface area (Å²) in [6.45, 7) is 0. The predicted molar refractivity (Wildman–Crippen MR) is 85.6 cm³/mol. The molecule has 0 amide bonds. The van der Waals surface area contributed by atoms with Crippen LogP contribution in [0.2, 0.25) is 0 Å². The van der Waals surface area contributed by atoms with Crippen molar-refractivity contribution in [3.8, 4) is 0 Å². The van der Waals surface area contributed by atoms with E-state index in [2.05, 4.69) is 42.5 Å². The van der Waals surface area contributed by atoms with Crippen LogP contribution in [0, 0.1) is 0 Å². The Balaban J connectivity index is 1.57. The maximum atomic E-state index is 11.0. The Bertz CT molecular complexity index is 673. The van der Waals surface area contributed by atoms with Crippen LogP contribution in [0.3, 0.4) is 0 Å². The summed E-state index contributed by atoms with van der Waals surface area (Å²) in [6.07, 6.45) is 7.18. The maximum Gasteiger partial charge on any atom is 0.0731 e. The summed E-state index contributed by atoms with van der Waals surface area (Å²) >= 11 is 0. The van der Waals surface area contributed by atoms with Crippen molar-refractivity contribution in [1.82, 2.24) is 0 Å². The fourth-order valence-corrected chi connectivity index (χ4v) is 4.05. The van der Waals surface area contributed by atoms with Gasteiger partial charge in [0.2, 0.25) is 0 Å². The third kappa shape index (κ3) is 2.51. The Labute approximate surface area is 126 Å². The summed E-state index contributed by atoms with van der Waals surface area (Å²) < 4.78 is 0. The van der Waals surface area contributed by atoms with Crippen molar-refractivity contribution in [2.45, 2.75) is 50.5 Å². The van der Waals surface area contributed by atoms with Gasteiger partial charge in [-0.25, -0.2) is 0 Å². The molecule has 0 saturated heterocycles. The second kappa shape index (κ2) is 4.99. The molecule has 1 N–H and O–H groups in total. The van der Waals surface area contributed by atoms with Crippen LogP contribution in [-0.2, 0) is 32.1 Å². The second-order valence-electron chi connectivity index (χ2n) is 6.80. The van der Waals surface area contributed by atoms with Crippen LogP contribution in [0.5, 0.6) is 0 Å². The molecular formula is C20H22O. The molecule has 21 heavy (non-hydrogen) atoms. The SMILES string of the molecule is OC1(Cc2ccc3c(c2)CCC3)CCc2ccccc2C1. The molecule has 4 rings (SSSR count). The van der Waals surface area contributed by atoms with Crippen molar-refractivity contribution in [1.29, 1.82) is 0 Å². The first-order chi connectivity index (χ1) is 10.2. The van der Waals surface area contributed by atoms with Crippen LogP contribution < -0.4 is 0 Å². The van der Waals surface area contributed by atoms with E-state index < -0.39 is 5.60 Å². The van der Waals surface area contributed by atoms with Crippen molar-refractivity contribution in [2.75, 3.05) is 0 Å². The van der Waals surface area contributed by atoms with E-state index in [-0.39, 0.29) is 0 Å². The first-order valence-corrected chi connectivity index (χ1v) is 8.12. The fraction of sp³-hybridized carbons (Fsp3) is 0.400. The Morgan fingerprint density at radius 2 is 1.62 bits per heavy atom. The summed E-state index contributed by atoms with van der Waals surface area (Å²) in [5, 5.41) is 11.0. The number of fused-ring (bicyclic) bond motifs is 2. The van der Waals surface area contributed by atoms with E-state index >= 15 is 0 Å². The van der Waals surface area contributed by atoms with E-state index in [1.54, 1.807) is 0 Å². The Hall–Kier alpha value is -1.60. The lowest BCUT2D eigenvalue weighted by Gasteiger charge is -2.34. The molecule has 2 aromatic carbocycles. The van der Waals surface area contributed by atoms with Crippen molar-refractivity contribution in [3.05, 3.63) is 70.3 Å². The minimum absolute atomic E-state index is 0.568. The topological polar surface area (TPSA) is 20.2 Å². The monoisotopic (exact) mass is 278 g/mol. The first-order valence-electron chi connectivity index (χ1n) is 8.12. The minimum Gasteiger partial charge on any atom is -0.389 e. The van der Waals surface area contributed by atoms with Gasteiger partial charge < -0.3 is 5.11 Å². The van der Waals surface area contributed by atoms with Crippen LogP contribution in [0.15, 0.2) is 42.5 Å². The van der Waals surface area contributed by atoms with Crippen molar-refractivity contribution in [2.24, 2.45) is 0 Å². The van der Waals surface area contributed by atoms with Gasteiger partial charge >= 0.3 is 0 Å². The summed E-state index contributed by atoms with van der Waals surface area (Å²) in [5.74, 6) is 0. The number of benzene rings is 2. The summed E-state index contributed by atoms with van der Waals surface area (Å²) in [7, 11) is 0. The molecule has 0 aliphatic heterocycles. The lowest BCUT2D eigenvalue weighted by molar-refractivity contribution is 0.0267. The fourth-order valence-electron chi connectivity index (χ4n) is 4.05. The molecule has 0 saturated carbocycles. The highest BCUT2D eigenvalue weighted by molar-refractivity contribution is 5.37. The maximum absolute atomic E-state index is 11.0. The zero-order chi connectivity index (χ0) is 14.3. The minimum atomic E-state index is -0.568. The van der Waals surface area contributed by atoms with Gasteiger partial charge in [-0.05, 0) is 59.9 Å². The molecular weight excluding hydrogens is 256 g/mol. The van der Waals surface area contributed by atoms with Gasteiger partial charge in [0.1, 0.15) is 0 Å². The Morgan fingerprint density at radius 3 is 2.52 bits per heavy atom. The molecule has 1 unspecified atom stereocenters. The highest BCUT2D eigenvalue weighted by atomic mass is 16.3. The van der Waals surface area contributed by atoms with Gasteiger partial charge in [0.15, 0.2) is 0 Å². The molecule has 2 aliphatic rings. The van der Waals surface area contributed by atoms with Crippen molar-refractivity contribution < 1.29 is 5.11 Å². The van der Waals surface area contributed by atoms with E-state index in [1.165, 1.54) is 47.1 Å². The average Bonchev–Trinajstić information content (AvgIpc) is 2.94. The quantitative estimate of drug-likeness (QED) is 0.889. The highest BCUT2D eigenvalue weighted by Gasteiger charge is 2.32. The number of rotatable bonds is 2. The molecule has 0 fully saturated rings. The van der Waals surface area contributed by atoms with Crippen LogP contribution in [0.4, 0.5) is 0 Å². The van der Waals surface area contributed by atoms with E-state index in [0.717, 1.165) is 25.7 Å². The van der Waals surface area contributed by atoms with Gasteiger partial charge in [-0.1, -0.05) is 42.5 Å². The van der Waals surface area contributed by atoms with Gasteiger partial charge in [0, 0.05) is 12.8 Å². The first kappa shape index (κ1) is 13.1. The van der Waals surface area contributed by atoms with Crippen LogP contribution in [0.25, 0.3) is 0 Å². The molecule has 1 atom stereocenters. The van der Waals surface area contributed by atoms with Gasteiger partial charge in [-0.2, -0.15) is 0 Å². The van der Waals surface area contributed by atoms with Crippen molar-refractivity contribution in [3.63, 3.8) is 0 Å². The molecule has 0 aromatic heterocycles. The zero-order valence-electron chi connectivity index (χ0n) is 12.4. The zero-order valence-corrected chi connectivity index (χ0v) is 12.4. The van der Waals surface area contributed by atoms with Crippen molar-refractivity contribution >= 4 is 0 Å². The molecule has 108 valence electrons. The third-order valence-corrected chi connectivity index (χ3v) is 5.19. The molecule has 1 heteroatoms. The average molecular weight is 278 g/mol. The molecule has 0 radical (unpaired) electrons. The van der Waals surface area contributed by atoms with Gasteiger partial charge in [-0.3, -0.25) is 0 Å². The Morgan fingerprint density at radius 1 is 0.857 bits per heavy atom. The second-order valence-corrected chi connectivity index (χ2v) is 6.80. The highest BCUT2D eigenvalue weighted by Crippen LogP contribution is 2.32. The van der Waals surface area contributed by atoms with Crippen LogP contribution >= 0.6 is 0 Å². The van der Waals surface area contributed by atoms with E-state index in [9.17, 15) is 5.11 Å². The van der Waals surface area contributed by atoms with Gasteiger partial charge in [0.05, 0.1) is 5.60 Å². The van der Waals surface area contributed by atoms with Gasteiger partial charge in [0.25, 0.3) is 0 Å². The van der Waals surface area contributed by atoms with E-state index in [1.807, 2.05) is 0 Å². The smallest absolute Gasteiger partial charge is 0.0731 e. The molecule has 2 aromatic rings. The van der Waals surface area contributed by atoms with E-state index in [0.29, 0.717) is 0 Å². The molecule has 2 aliphatic carbocycles. The molecule has 0 heterocycles. The number of aliphatic hydroxyl groups is 1. The Kier molecular flexibility index (Phi) is 3.11. The normalized spacial score (nSPS) is 23.7. The van der Waals surface area contributed by atoms with Gasteiger partial charge in [-0.15, -0.1) is 0 Å². The molecule has 0 spiro atoms. The number of hydrogen-bond donors (Lipinski definition) is 1. The third-order valence-electron chi connectivity index (χ3n) is 5.19. The lowest BCUT2D eigenvalue weighted by Crippen LogP contribution is -2.38. The number of hydrogen-bond acceptors (Lipinski definition) is 1. The largest absolute Gasteiger partial charge is 0.389 e.